The van der Waals surface area contributed by atoms with Crippen LogP contribution in [-0.4, -0.2) is 47.9 Å². The quantitative estimate of drug-likeness (QED) is 0.825. The minimum atomic E-state index is -0.179. The molecule has 2 rings (SSSR count). The van der Waals surface area contributed by atoms with E-state index in [-0.39, 0.29) is 42.5 Å². The van der Waals surface area contributed by atoms with Crippen molar-refractivity contribution in [1.29, 1.82) is 0 Å². The van der Waals surface area contributed by atoms with E-state index in [9.17, 15) is 9.59 Å². The molecule has 1 aliphatic heterocycles. The molecule has 23 heavy (non-hydrogen) atoms. The first kappa shape index (κ1) is 21.9. The van der Waals surface area contributed by atoms with E-state index in [1.807, 2.05) is 0 Å². The molecule has 0 spiro atoms. The van der Waals surface area contributed by atoms with Crippen LogP contribution in [0.4, 0.5) is 0 Å². The molecule has 0 bridgehead atoms. The minimum Gasteiger partial charge on any atom is -0.355 e. The number of rotatable bonds is 4. The van der Waals surface area contributed by atoms with Crippen molar-refractivity contribution in [3.8, 4) is 0 Å². The zero-order chi connectivity index (χ0) is 15.2. The Morgan fingerprint density at radius 1 is 1.39 bits per heavy atom. The number of nitrogens with one attached hydrogen (secondary N) is 1. The maximum atomic E-state index is 12.4. The van der Waals surface area contributed by atoms with Gasteiger partial charge in [-0.3, -0.25) is 9.59 Å². The number of carbonyl (C=O) groups excluding carboxylic acids is 2. The first-order valence-corrected chi connectivity index (χ1v) is 7.38. The molecule has 1 unspecified atom stereocenters. The Morgan fingerprint density at radius 2 is 2.13 bits per heavy atom. The Morgan fingerprint density at radius 3 is 2.74 bits per heavy atom. The molecule has 0 saturated carbocycles. The van der Waals surface area contributed by atoms with Crippen molar-refractivity contribution >= 4 is 48.2 Å². The summed E-state index contributed by atoms with van der Waals surface area (Å²) in [5.74, 6) is -0.383. The number of carbonyl (C=O) groups is 2. The zero-order valence-corrected chi connectivity index (χ0v) is 14.9. The molecule has 2 heterocycles. The van der Waals surface area contributed by atoms with E-state index < -0.39 is 0 Å². The SMILES string of the molecule is Cl.Cl.NCCNC(=O)C1CCCN(C(=O)c2ccc(Cl)cn2)C1. The van der Waals surface area contributed by atoms with Gasteiger partial charge in [0.1, 0.15) is 5.69 Å². The second-order valence-corrected chi connectivity index (χ2v) is 5.47. The van der Waals surface area contributed by atoms with E-state index in [0.717, 1.165) is 12.8 Å². The van der Waals surface area contributed by atoms with Gasteiger partial charge in [-0.05, 0) is 25.0 Å². The first-order valence-electron chi connectivity index (χ1n) is 7.00. The summed E-state index contributed by atoms with van der Waals surface area (Å²) >= 11 is 5.76. The van der Waals surface area contributed by atoms with Crippen LogP contribution < -0.4 is 11.1 Å². The van der Waals surface area contributed by atoms with Crippen LogP contribution in [0.2, 0.25) is 5.02 Å². The van der Waals surface area contributed by atoms with Gasteiger partial charge in [0.25, 0.3) is 5.91 Å². The topological polar surface area (TPSA) is 88.3 Å². The number of aromatic nitrogens is 1. The number of pyridine rings is 1. The Balaban J connectivity index is 0.00000242. The van der Waals surface area contributed by atoms with Gasteiger partial charge in [0, 0.05) is 32.4 Å². The van der Waals surface area contributed by atoms with Crippen molar-refractivity contribution in [1.82, 2.24) is 15.2 Å². The zero-order valence-electron chi connectivity index (χ0n) is 12.5. The van der Waals surface area contributed by atoms with Gasteiger partial charge in [-0.15, -0.1) is 24.8 Å². The van der Waals surface area contributed by atoms with Crippen LogP contribution in [0.15, 0.2) is 18.3 Å². The second-order valence-electron chi connectivity index (χ2n) is 5.03. The van der Waals surface area contributed by atoms with Crippen molar-refractivity contribution in [3.63, 3.8) is 0 Å². The molecule has 0 aliphatic carbocycles. The van der Waals surface area contributed by atoms with E-state index in [1.165, 1.54) is 6.20 Å². The van der Waals surface area contributed by atoms with Crippen molar-refractivity contribution in [2.24, 2.45) is 11.7 Å². The Bertz CT molecular complexity index is 513. The molecule has 1 aromatic heterocycles. The third-order valence-electron chi connectivity index (χ3n) is 3.47. The fourth-order valence-corrected chi connectivity index (χ4v) is 2.49. The number of hydrogen-bond donors (Lipinski definition) is 2. The third-order valence-corrected chi connectivity index (χ3v) is 3.69. The van der Waals surface area contributed by atoms with Crippen molar-refractivity contribution < 1.29 is 9.59 Å². The van der Waals surface area contributed by atoms with Crippen LogP contribution in [0.5, 0.6) is 0 Å². The van der Waals surface area contributed by atoms with E-state index in [0.29, 0.717) is 36.9 Å². The Hall–Kier alpha value is -1.08. The van der Waals surface area contributed by atoms with Gasteiger partial charge in [-0.2, -0.15) is 0 Å². The summed E-state index contributed by atoms with van der Waals surface area (Å²) < 4.78 is 0. The molecule has 1 atom stereocenters. The highest BCUT2D eigenvalue weighted by Crippen LogP contribution is 2.18. The first-order chi connectivity index (χ1) is 10.1. The fourth-order valence-electron chi connectivity index (χ4n) is 2.38. The lowest BCUT2D eigenvalue weighted by molar-refractivity contribution is -0.126. The summed E-state index contributed by atoms with van der Waals surface area (Å²) in [6.45, 7) is 1.93. The summed E-state index contributed by atoms with van der Waals surface area (Å²) in [5.41, 5.74) is 5.72. The predicted octanol–water partition coefficient (Wildman–Crippen LogP) is 1.51. The number of amides is 2. The van der Waals surface area contributed by atoms with Gasteiger partial charge in [0.15, 0.2) is 0 Å². The van der Waals surface area contributed by atoms with E-state index in [4.69, 9.17) is 17.3 Å². The van der Waals surface area contributed by atoms with Gasteiger partial charge >= 0.3 is 0 Å². The highest BCUT2D eigenvalue weighted by atomic mass is 35.5. The fraction of sp³-hybridized carbons (Fsp3) is 0.500. The van der Waals surface area contributed by atoms with Crippen molar-refractivity contribution in [2.45, 2.75) is 12.8 Å². The Labute approximate surface area is 153 Å². The summed E-state index contributed by atoms with van der Waals surface area (Å²) in [6.07, 6.45) is 3.04. The molecule has 1 aliphatic rings. The van der Waals surface area contributed by atoms with Crippen LogP contribution in [-0.2, 0) is 4.79 Å². The van der Waals surface area contributed by atoms with Crippen LogP contribution in [0.1, 0.15) is 23.3 Å². The van der Waals surface area contributed by atoms with Crippen LogP contribution in [0.25, 0.3) is 0 Å². The molecule has 1 aromatic rings. The highest BCUT2D eigenvalue weighted by Gasteiger charge is 2.29. The summed E-state index contributed by atoms with van der Waals surface area (Å²) in [4.78, 5) is 30.0. The summed E-state index contributed by atoms with van der Waals surface area (Å²) in [7, 11) is 0. The number of likely N-dealkylation sites (tertiary alicyclic amines) is 1. The molecule has 0 aromatic carbocycles. The van der Waals surface area contributed by atoms with Gasteiger partial charge in [-0.25, -0.2) is 4.98 Å². The van der Waals surface area contributed by atoms with E-state index >= 15 is 0 Å². The lowest BCUT2D eigenvalue weighted by atomic mass is 9.97. The highest BCUT2D eigenvalue weighted by molar-refractivity contribution is 6.30. The second kappa shape index (κ2) is 10.6. The summed E-state index contributed by atoms with van der Waals surface area (Å²) in [6, 6.07) is 3.24. The maximum absolute atomic E-state index is 12.4. The summed E-state index contributed by atoms with van der Waals surface area (Å²) in [5, 5.41) is 3.26. The van der Waals surface area contributed by atoms with Crippen LogP contribution in [0, 0.1) is 5.92 Å². The minimum absolute atomic E-state index is 0. The number of halogens is 3. The molecule has 2 amide bonds. The third kappa shape index (κ3) is 6.14. The molecule has 3 N–H and O–H groups in total. The average molecular weight is 384 g/mol. The van der Waals surface area contributed by atoms with Crippen LogP contribution >= 0.6 is 36.4 Å². The van der Waals surface area contributed by atoms with E-state index in [2.05, 4.69) is 10.3 Å². The van der Waals surface area contributed by atoms with Gasteiger partial charge < -0.3 is 16.0 Å². The normalized spacial score (nSPS) is 16.8. The average Bonchev–Trinajstić information content (AvgIpc) is 2.52. The molecule has 6 nitrogen and oxygen atoms in total. The van der Waals surface area contributed by atoms with E-state index in [1.54, 1.807) is 17.0 Å². The predicted molar refractivity (Wildman–Crippen MR) is 94.4 cm³/mol. The molecule has 130 valence electrons. The molecule has 1 fully saturated rings. The largest absolute Gasteiger partial charge is 0.355 e. The lowest BCUT2D eigenvalue weighted by Gasteiger charge is -2.31. The maximum Gasteiger partial charge on any atom is 0.272 e. The lowest BCUT2D eigenvalue weighted by Crippen LogP contribution is -2.46. The molecule has 1 saturated heterocycles. The Kier molecular flexibility index (Phi) is 10.1. The molecule has 0 radical (unpaired) electrons. The van der Waals surface area contributed by atoms with Crippen molar-refractivity contribution in [3.05, 3.63) is 29.0 Å². The number of hydrogen-bond acceptors (Lipinski definition) is 4. The molecular formula is C14H21Cl3N4O2. The molecular weight excluding hydrogens is 363 g/mol. The standard InChI is InChI=1S/C14H19ClN4O2.2ClH/c15-11-3-4-12(18-8-11)14(21)19-7-1-2-10(9-19)13(20)17-6-5-16;;/h3-4,8,10H,1-2,5-7,9,16H2,(H,17,20);2*1H. The van der Waals surface area contributed by atoms with Crippen LogP contribution in [0.3, 0.4) is 0 Å². The number of nitrogens with two attached hydrogens (primary N) is 1. The van der Waals surface area contributed by atoms with Gasteiger partial charge in [-0.1, -0.05) is 11.6 Å². The monoisotopic (exact) mass is 382 g/mol. The number of nitrogens with zero attached hydrogens (tertiary/aromatic N) is 2. The van der Waals surface area contributed by atoms with Gasteiger partial charge in [0.05, 0.1) is 10.9 Å². The smallest absolute Gasteiger partial charge is 0.272 e. The molecule has 9 heteroatoms. The number of piperidine rings is 1. The van der Waals surface area contributed by atoms with Gasteiger partial charge in [0.2, 0.25) is 5.91 Å². The van der Waals surface area contributed by atoms with Crippen molar-refractivity contribution in [2.75, 3.05) is 26.2 Å².